The summed E-state index contributed by atoms with van der Waals surface area (Å²) in [6.45, 7) is 2.30. The van der Waals surface area contributed by atoms with Gasteiger partial charge in [0.1, 0.15) is 5.71 Å². The van der Waals surface area contributed by atoms with Gasteiger partial charge in [-0.05, 0) is 6.92 Å². The maximum absolute atomic E-state index is 11.7. The number of nitrogens with zero attached hydrogens (tertiary/aromatic N) is 2. The van der Waals surface area contributed by atoms with Gasteiger partial charge in [0.15, 0.2) is 0 Å². The summed E-state index contributed by atoms with van der Waals surface area (Å²) in [6, 6.07) is -0.0665. The van der Waals surface area contributed by atoms with E-state index in [4.69, 9.17) is 4.74 Å². The molecule has 1 heterocycles. The number of hydrogen-bond donors (Lipinski definition) is 1. The Bertz CT molecular complexity index is 314. The van der Waals surface area contributed by atoms with E-state index in [1.807, 2.05) is 6.92 Å². The minimum atomic E-state index is -0.232. The summed E-state index contributed by atoms with van der Waals surface area (Å²) in [5.74, 6) is -0.301. The van der Waals surface area contributed by atoms with Gasteiger partial charge in [-0.25, -0.2) is 5.01 Å². The molecule has 6 heteroatoms. The Kier molecular flexibility index (Phi) is 4.42. The summed E-state index contributed by atoms with van der Waals surface area (Å²) < 4.78 is 4.91. The van der Waals surface area contributed by atoms with Crippen molar-refractivity contribution in [3.8, 4) is 0 Å². The van der Waals surface area contributed by atoms with E-state index >= 15 is 0 Å². The number of nitrogens with one attached hydrogen (secondary N) is 1. The van der Waals surface area contributed by atoms with Crippen molar-refractivity contribution in [3.63, 3.8) is 0 Å². The average Bonchev–Trinajstić information content (AvgIpc) is 2.22. The highest BCUT2D eigenvalue weighted by atomic mass is 16.5. The molecule has 0 aromatic carbocycles. The molecule has 0 spiro atoms. The van der Waals surface area contributed by atoms with Crippen molar-refractivity contribution in [1.82, 2.24) is 10.3 Å². The van der Waals surface area contributed by atoms with Crippen LogP contribution in [0.4, 0.5) is 0 Å². The first-order valence-corrected chi connectivity index (χ1v) is 5.18. The second kappa shape index (κ2) is 5.60. The van der Waals surface area contributed by atoms with Crippen LogP contribution < -0.4 is 5.32 Å². The first kappa shape index (κ1) is 12.6. The van der Waals surface area contributed by atoms with Crippen molar-refractivity contribution in [3.05, 3.63) is 0 Å². The summed E-state index contributed by atoms with van der Waals surface area (Å²) in [7, 11) is 3.13. The molecule has 0 aromatic rings. The lowest BCUT2D eigenvalue weighted by atomic mass is 10.1. The molecule has 0 fully saturated rings. The molecule has 0 aliphatic carbocycles. The molecule has 0 aromatic heterocycles. The van der Waals surface area contributed by atoms with E-state index < -0.39 is 0 Å². The lowest BCUT2D eigenvalue weighted by Crippen LogP contribution is -2.42. The summed E-state index contributed by atoms with van der Waals surface area (Å²) >= 11 is 0. The average molecular weight is 227 g/mol. The molecule has 1 aliphatic heterocycles. The topological polar surface area (TPSA) is 71.0 Å². The predicted octanol–water partition coefficient (Wildman–Crippen LogP) is -0.254. The number of amides is 2. The van der Waals surface area contributed by atoms with Crippen LogP contribution in [0.3, 0.4) is 0 Å². The third kappa shape index (κ3) is 3.30. The van der Waals surface area contributed by atoms with Crippen LogP contribution in [0.1, 0.15) is 19.8 Å². The lowest BCUT2D eigenvalue weighted by molar-refractivity contribution is -0.130. The summed E-state index contributed by atoms with van der Waals surface area (Å²) in [6.07, 6.45) is 0.732. The Morgan fingerprint density at radius 3 is 2.88 bits per heavy atom. The standard InChI is InChI=1S/C10H17N3O3/c1-7(6-16-3)11-10(15)8-4-5-9(14)13(2)12-8/h7H,4-6H2,1-3H3,(H,11,15). The van der Waals surface area contributed by atoms with Crippen LogP contribution >= 0.6 is 0 Å². The zero-order chi connectivity index (χ0) is 12.1. The van der Waals surface area contributed by atoms with Crippen LogP contribution in [0.5, 0.6) is 0 Å². The quantitative estimate of drug-likeness (QED) is 0.719. The summed E-state index contributed by atoms with van der Waals surface area (Å²) in [4.78, 5) is 22.9. The fourth-order valence-corrected chi connectivity index (χ4v) is 1.43. The van der Waals surface area contributed by atoms with Crippen LogP contribution in [-0.2, 0) is 14.3 Å². The smallest absolute Gasteiger partial charge is 0.267 e. The zero-order valence-electron chi connectivity index (χ0n) is 9.82. The second-order valence-electron chi connectivity index (χ2n) is 3.79. The van der Waals surface area contributed by atoms with Gasteiger partial charge in [-0.3, -0.25) is 9.59 Å². The van der Waals surface area contributed by atoms with Gasteiger partial charge in [-0.2, -0.15) is 5.10 Å². The Morgan fingerprint density at radius 1 is 1.62 bits per heavy atom. The number of carbonyl (C=O) groups is 2. The van der Waals surface area contributed by atoms with Crippen molar-refractivity contribution in [2.75, 3.05) is 20.8 Å². The molecule has 6 nitrogen and oxygen atoms in total. The fourth-order valence-electron chi connectivity index (χ4n) is 1.43. The van der Waals surface area contributed by atoms with Crippen LogP contribution in [0.15, 0.2) is 5.10 Å². The van der Waals surface area contributed by atoms with Gasteiger partial charge >= 0.3 is 0 Å². The van der Waals surface area contributed by atoms with E-state index in [-0.39, 0.29) is 17.9 Å². The minimum absolute atomic E-state index is 0.0665. The van der Waals surface area contributed by atoms with Crippen molar-refractivity contribution < 1.29 is 14.3 Å². The van der Waals surface area contributed by atoms with Gasteiger partial charge in [0.2, 0.25) is 5.91 Å². The first-order chi connectivity index (χ1) is 7.54. The van der Waals surface area contributed by atoms with Crippen molar-refractivity contribution in [2.24, 2.45) is 5.10 Å². The van der Waals surface area contributed by atoms with E-state index in [9.17, 15) is 9.59 Å². The third-order valence-corrected chi connectivity index (χ3v) is 2.26. The molecule has 0 saturated heterocycles. The monoisotopic (exact) mass is 227 g/mol. The zero-order valence-corrected chi connectivity index (χ0v) is 9.82. The molecule has 0 bridgehead atoms. The van der Waals surface area contributed by atoms with Gasteiger partial charge in [0, 0.05) is 33.0 Å². The normalized spacial score (nSPS) is 18.1. The molecule has 1 N–H and O–H groups in total. The van der Waals surface area contributed by atoms with Gasteiger partial charge in [0.05, 0.1) is 6.61 Å². The summed E-state index contributed by atoms with van der Waals surface area (Å²) in [5, 5.41) is 7.88. The number of rotatable bonds is 4. The van der Waals surface area contributed by atoms with Crippen LogP contribution in [0.2, 0.25) is 0 Å². The van der Waals surface area contributed by atoms with Crippen LogP contribution in [0.25, 0.3) is 0 Å². The maximum atomic E-state index is 11.7. The number of hydrogen-bond acceptors (Lipinski definition) is 4. The van der Waals surface area contributed by atoms with E-state index in [0.29, 0.717) is 25.2 Å². The van der Waals surface area contributed by atoms with Gasteiger partial charge < -0.3 is 10.1 Å². The molecule has 0 saturated carbocycles. The highest BCUT2D eigenvalue weighted by Gasteiger charge is 2.22. The molecule has 1 atom stereocenters. The predicted molar refractivity (Wildman–Crippen MR) is 58.9 cm³/mol. The number of carbonyl (C=O) groups excluding carboxylic acids is 2. The SMILES string of the molecule is COCC(C)NC(=O)C1=NN(C)C(=O)CC1. The van der Waals surface area contributed by atoms with E-state index in [2.05, 4.69) is 10.4 Å². The lowest BCUT2D eigenvalue weighted by Gasteiger charge is -2.20. The highest BCUT2D eigenvalue weighted by Crippen LogP contribution is 2.07. The van der Waals surface area contributed by atoms with Crippen LogP contribution in [-0.4, -0.2) is 49.3 Å². The van der Waals surface area contributed by atoms with Crippen molar-refractivity contribution >= 4 is 17.5 Å². The Balaban J connectivity index is 2.54. The van der Waals surface area contributed by atoms with Crippen molar-refractivity contribution in [1.29, 1.82) is 0 Å². The Hall–Kier alpha value is -1.43. The number of hydrazone groups is 1. The molecule has 90 valence electrons. The molecule has 1 unspecified atom stereocenters. The second-order valence-corrected chi connectivity index (χ2v) is 3.79. The molecule has 1 rings (SSSR count). The third-order valence-electron chi connectivity index (χ3n) is 2.26. The van der Waals surface area contributed by atoms with E-state index in [1.165, 1.54) is 5.01 Å². The molecule has 0 radical (unpaired) electrons. The van der Waals surface area contributed by atoms with E-state index in [0.717, 1.165) is 0 Å². The Morgan fingerprint density at radius 2 is 2.31 bits per heavy atom. The van der Waals surface area contributed by atoms with Gasteiger partial charge in [0.25, 0.3) is 5.91 Å². The highest BCUT2D eigenvalue weighted by molar-refractivity contribution is 6.39. The maximum Gasteiger partial charge on any atom is 0.267 e. The molecular weight excluding hydrogens is 210 g/mol. The van der Waals surface area contributed by atoms with Crippen LogP contribution in [0, 0.1) is 0 Å². The molecule has 2 amide bonds. The molecular formula is C10H17N3O3. The van der Waals surface area contributed by atoms with Gasteiger partial charge in [-0.1, -0.05) is 0 Å². The van der Waals surface area contributed by atoms with Crippen molar-refractivity contribution in [2.45, 2.75) is 25.8 Å². The number of methoxy groups -OCH3 is 1. The fraction of sp³-hybridized carbons (Fsp3) is 0.700. The summed E-state index contributed by atoms with van der Waals surface area (Å²) in [5.41, 5.74) is 0.394. The largest absolute Gasteiger partial charge is 0.383 e. The van der Waals surface area contributed by atoms with E-state index in [1.54, 1.807) is 14.2 Å². The first-order valence-electron chi connectivity index (χ1n) is 5.18. The Labute approximate surface area is 94.6 Å². The molecule has 16 heavy (non-hydrogen) atoms. The van der Waals surface area contributed by atoms with Gasteiger partial charge in [-0.15, -0.1) is 0 Å². The minimum Gasteiger partial charge on any atom is -0.383 e. The molecule has 1 aliphatic rings. The number of ether oxygens (including phenoxy) is 1.